The van der Waals surface area contributed by atoms with Crippen molar-refractivity contribution < 1.29 is 23.9 Å². The number of nitrogen functional groups attached to an aromatic ring is 1. The lowest BCUT2D eigenvalue weighted by Crippen LogP contribution is -2.30. The van der Waals surface area contributed by atoms with Crippen LogP contribution in [0.5, 0.6) is 23.0 Å². The minimum atomic E-state index is -0.378. The highest BCUT2D eigenvalue weighted by molar-refractivity contribution is 6.01. The fourth-order valence-corrected chi connectivity index (χ4v) is 5.73. The zero-order chi connectivity index (χ0) is 39.7. The average Bonchev–Trinajstić information content (AvgIpc) is 3.27. The predicted octanol–water partition coefficient (Wildman–Crippen LogP) is 10.1. The first kappa shape index (κ1) is 38.8. The molecule has 0 bridgehead atoms. The Bertz CT molecular complexity index is 2600. The Morgan fingerprint density at radius 3 is 1.42 bits per heavy atom. The summed E-state index contributed by atoms with van der Waals surface area (Å²) in [6.45, 7) is 0. The lowest BCUT2D eigenvalue weighted by molar-refractivity contribution is 0.0943. The molecule has 0 saturated carbocycles. The van der Waals surface area contributed by atoms with E-state index in [0.29, 0.717) is 34.1 Å². The van der Waals surface area contributed by atoms with E-state index in [4.69, 9.17) is 15.3 Å². The molecule has 8 aromatic rings. The number of fused-ring (bicyclic) bond motifs is 2. The van der Waals surface area contributed by atoms with Crippen molar-refractivity contribution >= 4 is 45.9 Å². The van der Waals surface area contributed by atoms with Crippen LogP contribution in [-0.2, 0) is 0 Å². The van der Waals surface area contributed by atoms with Crippen LogP contribution in [0.4, 0.5) is 0 Å². The molecular formula is C48H38N4O5. The molecule has 0 aromatic heterocycles. The molecule has 57 heavy (non-hydrogen) atoms. The Kier molecular flexibility index (Phi) is 13.6. The van der Waals surface area contributed by atoms with Crippen molar-refractivity contribution in [2.24, 2.45) is 10.9 Å². The van der Waals surface area contributed by atoms with E-state index in [-0.39, 0.29) is 11.8 Å². The second-order valence-electron chi connectivity index (χ2n) is 12.2. The highest BCUT2D eigenvalue weighted by Gasteiger charge is 2.13. The number of hydrazine groups is 1. The highest BCUT2D eigenvalue weighted by atomic mass is 16.5. The maximum Gasteiger partial charge on any atom is 0.275 e. The van der Waals surface area contributed by atoms with Gasteiger partial charge in [0.25, 0.3) is 11.8 Å². The van der Waals surface area contributed by atoms with Crippen LogP contribution in [0.3, 0.4) is 0 Å². The fourth-order valence-electron chi connectivity index (χ4n) is 5.73. The van der Waals surface area contributed by atoms with E-state index in [1.807, 2.05) is 152 Å². The van der Waals surface area contributed by atoms with Crippen molar-refractivity contribution in [1.29, 1.82) is 0 Å². The van der Waals surface area contributed by atoms with Gasteiger partial charge < -0.3 is 9.47 Å². The lowest BCUT2D eigenvalue weighted by Gasteiger charge is -2.09. The van der Waals surface area contributed by atoms with Crippen molar-refractivity contribution in [2.45, 2.75) is 0 Å². The Balaban J connectivity index is 0.000000160. The number of carbonyl (C=O) groups is 3. The summed E-state index contributed by atoms with van der Waals surface area (Å²) in [5.74, 6) is 6.69. The SMILES string of the molecule is NNC(=O)c1ccccc1Oc1ccccc1.O=C(N/N=C/c1cccc2ccccc12)c1ccccc1Oc1ccccc1.O=Cc1cccc2ccccc12. The first-order chi connectivity index (χ1) is 28.0. The molecule has 4 N–H and O–H groups in total. The van der Waals surface area contributed by atoms with E-state index in [9.17, 15) is 14.4 Å². The minimum Gasteiger partial charge on any atom is -0.457 e. The number of nitrogens with two attached hydrogens (primary N) is 1. The Hall–Kier alpha value is -7.88. The van der Waals surface area contributed by atoms with Crippen LogP contribution >= 0.6 is 0 Å². The van der Waals surface area contributed by atoms with E-state index in [1.54, 1.807) is 48.7 Å². The number of amides is 2. The van der Waals surface area contributed by atoms with Crippen molar-refractivity contribution in [3.63, 3.8) is 0 Å². The van der Waals surface area contributed by atoms with E-state index < -0.39 is 0 Å². The van der Waals surface area contributed by atoms with Gasteiger partial charge in [0, 0.05) is 11.1 Å². The quantitative estimate of drug-likeness (QED) is 0.0442. The molecule has 0 heterocycles. The van der Waals surface area contributed by atoms with Gasteiger partial charge in [-0.3, -0.25) is 19.8 Å². The van der Waals surface area contributed by atoms with Crippen molar-refractivity contribution in [1.82, 2.24) is 10.9 Å². The zero-order valence-corrected chi connectivity index (χ0v) is 30.7. The topological polar surface area (TPSA) is 132 Å². The van der Waals surface area contributed by atoms with Crippen LogP contribution < -0.4 is 26.2 Å². The first-order valence-electron chi connectivity index (χ1n) is 17.9. The molecule has 9 heteroatoms. The molecule has 280 valence electrons. The summed E-state index contributed by atoms with van der Waals surface area (Å²) in [4.78, 5) is 34.7. The van der Waals surface area contributed by atoms with E-state index in [2.05, 4.69) is 16.0 Å². The number of rotatable bonds is 9. The largest absolute Gasteiger partial charge is 0.457 e. The summed E-state index contributed by atoms with van der Waals surface area (Å²) in [5.41, 5.74) is 7.19. The predicted molar refractivity (Wildman–Crippen MR) is 226 cm³/mol. The maximum atomic E-state index is 12.6. The number of nitrogens with zero attached hydrogens (tertiary/aromatic N) is 1. The van der Waals surface area contributed by atoms with Gasteiger partial charge in [-0.15, -0.1) is 0 Å². The zero-order valence-electron chi connectivity index (χ0n) is 30.7. The number of hydrogen-bond donors (Lipinski definition) is 3. The van der Waals surface area contributed by atoms with Gasteiger partial charge in [0.1, 0.15) is 23.0 Å². The summed E-state index contributed by atoms with van der Waals surface area (Å²) in [5, 5.41) is 8.48. The summed E-state index contributed by atoms with van der Waals surface area (Å²) in [6, 6.07) is 60.2. The molecule has 0 aliphatic rings. The number of aldehydes is 1. The van der Waals surface area contributed by atoms with E-state index in [0.717, 1.165) is 39.0 Å². The Morgan fingerprint density at radius 1 is 0.474 bits per heavy atom. The highest BCUT2D eigenvalue weighted by Crippen LogP contribution is 2.26. The average molecular weight is 751 g/mol. The number of para-hydroxylation sites is 4. The second-order valence-corrected chi connectivity index (χ2v) is 12.2. The summed E-state index contributed by atoms with van der Waals surface area (Å²) in [6.07, 6.45) is 2.54. The number of hydrazone groups is 1. The van der Waals surface area contributed by atoms with E-state index >= 15 is 0 Å². The number of carbonyl (C=O) groups excluding carboxylic acids is 3. The summed E-state index contributed by atoms with van der Waals surface area (Å²) in [7, 11) is 0. The molecular weight excluding hydrogens is 713 g/mol. The molecule has 9 nitrogen and oxygen atoms in total. The van der Waals surface area contributed by atoms with Gasteiger partial charge in [-0.25, -0.2) is 11.3 Å². The molecule has 0 fully saturated rings. The van der Waals surface area contributed by atoms with Gasteiger partial charge in [-0.05, 0) is 70.1 Å². The van der Waals surface area contributed by atoms with E-state index in [1.165, 1.54) is 0 Å². The molecule has 0 atom stereocenters. The maximum absolute atomic E-state index is 12.6. The number of nitrogens with one attached hydrogen (secondary N) is 2. The van der Waals surface area contributed by atoms with Crippen molar-refractivity contribution in [3.8, 4) is 23.0 Å². The molecule has 0 unspecified atom stereocenters. The van der Waals surface area contributed by atoms with Crippen molar-refractivity contribution in [3.05, 3.63) is 216 Å². The molecule has 0 saturated heterocycles. The number of benzene rings is 8. The third-order valence-electron chi connectivity index (χ3n) is 8.48. The fraction of sp³-hybridized carbons (Fsp3) is 0. The van der Waals surface area contributed by atoms with Crippen LogP contribution in [0.1, 0.15) is 36.6 Å². The molecule has 8 rings (SSSR count). The van der Waals surface area contributed by atoms with Gasteiger partial charge in [0.2, 0.25) is 0 Å². The molecule has 8 aromatic carbocycles. The van der Waals surface area contributed by atoms with Crippen LogP contribution in [0.25, 0.3) is 21.5 Å². The number of ether oxygens (including phenoxy) is 2. The molecule has 0 spiro atoms. The van der Waals surface area contributed by atoms with Crippen LogP contribution in [0, 0.1) is 0 Å². The number of hydrogen-bond acceptors (Lipinski definition) is 7. The third-order valence-corrected chi connectivity index (χ3v) is 8.48. The van der Waals surface area contributed by atoms with Gasteiger partial charge in [-0.1, -0.05) is 146 Å². The third kappa shape index (κ3) is 10.6. The molecule has 0 aliphatic heterocycles. The molecule has 0 radical (unpaired) electrons. The monoisotopic (exact) mass is 750 g/mol. The minimum absolute atomic E-state index is 0.331. The molecule has 0 aliphatic carbocycles. The van der Waals surface area contributed by atoms with Crippen molar-refractivity contribution in [2.75, 3.05) is 0 Å². The van der Waals surface area contributed by atoms with Gasteiger partial charge >= 0.3 is 0 Å². The summed E-state index contributed by atoms with van der Waals surface area (Å²) < 4.78 is 11.5. The Labute approximate surface area is 330 Å². The second kappa shape index (κ2) is 20.0. The van der Waals surface area contributed by atoms with Gasteiger partial charge in [0.05, 0.1) is 17.3 Å². The molecule has 2 amide bonds. The smallest absolute Gasteiger partial charge is 0.275 e. The summed E-state index contributed by atoms with van der Waals surface area (Å²) >= 11 is 0. The van der Waals surface area contributed by atoms with Gasteiger partial charge in [-0.2, -0.15) is 5.10 Å². The lowest BCUT2D eigenvalue weighted by atomic mass is 10.1. The Morgan fingerprint density at radius 2 is 0.895 bits per heavy atom. The van der Waals surface area contributed by atoms with Crippen LogP contribution in [0.2, 0.25) is 0 Å². The normalized spacial score (nSPS) is 10.3. The standard InChI is InChI=1S/C24H18N2O2.C13H12N2O2.C11H8O/c27-24(22-15-6-7-16-23(22)28-20-12-2-1-3-13-20)26-25-17-19-11-8-10-18-9-4-5-14-21(18)19;14-15-13(16)11-8-4-5-9-12(11)17-10-6-2-1-3-7-10;12-8-10-6-3-5-9-4-1-2-7-11(9)10/h1-17H,(H,26,27);1-9H,14H2,(H,15,16);1-8H/b25-17+;;. The van der Waals surface area contributed by atoms with Gasteiger partial charge in [0.15, 0.2) is 6.29 Å². The van der Waals surface area contributed by atoms with Crippen LogP contribution in [-0.4, -0.2) is 24.3 Å². The first-order valence-corrected chi connectivity index (χ1v) is 17.9. The van der Waals surface area contributed by atoms with Crippen LogP contribution in [0.15, 0.2) is 199 Å².